The van der Waals surface area contributed by atoms with Crippen LogP contribution < -0.4 is 10.9 Å². The molecule has 30 heavy (non-hydrogen) atoms. The largest absolute Gasteiger partial charge is 0.422 e. The van der Waals surface area contributed by atoms with Crippen molar-refractivity contribution >= 4 is 61.5 Å². The zero-order valence-corrected chi connectivity index (χ0v) is 17.6. The topological polar surface area (TPSA) is 84.0 Å². The maximum Gasteiger partial charge on any atom is 0.349 e. The van der Waals surface area contributed by atoms with Gasteiger partial charge in [-0.05, 0) is 60.7 Å². The van der Waals surface area contributed by atoms with Crippen LogP contribution in [0.5, 0.6) is 0 Å². The maximum atomic E-state index is 12.6. The summed E-state index contributed by atoms with van der Waals surface area (Å²) in [7, 11) is 0. The third kappa shape index (κ3) is 4.48. The molecule has 1 heterocycles. The van der Waals surface area contributed by atoms with Crippen LogP contribution in [0.4, 0.5) is 17.1 Å². The number of fused-ring (bicyclic) bond motifs is 1. The van der Waals surface area contributed by atoms with E-state index in [2.05, 4.69) is 31.5 Å². The van der Waals surface area contributed by atoms with E-state index in [-0.39, 0.29) is 5.56 Å². The van der Waals surface area contributed by atoms with E-state index in [4.69, 9.17) is 16.0 Å². The Labute approximate surface area is 184 Å². The first kappa shape index (κ1) is 20.0. The Bertz CT molecular complexity index is 1330. The lowest BCUT2D eigenvalue weighted by Crippen LogP contribution is -2.20. The van der Waals surface area contributed by atoms with Crippen molar-refractivity contribution in [3.63, 3.8) is 0 Å². The molecule has 0 aliphatic heterocycles. The number of carbonyl (C=O) groups is 1. The lowest BCUT2D eigenvalue weighted by atomic mass is 10.1. The van der Waals surface area contributed by atoms with Gasteiger partial charge in [0.05, 0.1) is 22.1 Å². The average Bonchev–Trinajstić information content (AvgIpc) is 2.74. The number of azo groups is 1. The summed E-state index contributed by atoms with van der Waals surface area (Å²) in [6.07, 6.45) is 0. The molecule has 4 rings (SSSR count). The molecule has 0 aliphatic carbocycles. The Balaban J connectivity index is 1.64. The van der Waals surface area contributed by atoms with Crippen LogP contribution in [0.25, 0.3) is 11.0 Å². The van der Waals surface area contributed by atoms with Crippen molar-refractivity contribution in [1.82, 2.24) is 0 Å². The quantitative estimate of drug-likeness (QED) is 0.254. The molecule has 0 fully saturated rings. The summed E-state index contributed by atoms with van der Waals surface area (Å²) in [6, 6.07) is 20.6. The number of halogens is 2. The number of amides is 1. The van der Waals surface area contributed by atoms with Gasteiger partial charge in [0, 0.05) is 9.86 Å². The smallest absolute Gasteiger partial charge is 0.349 e. The summed E-state index contributed by atoms with van der Waals surface area (Å²) >= 11 is 9.43. The van der Waals surface area contributed by atoms with Crippen LogP contribution in [0.2, 0.25) is 5.02 Å². The van der Waals surface area contributed by atoms with Crippen molar-refractivity contribution in [3.05, 3.63) is 98.3 Å². The maximum absolute atomic E-state index is 12.6. The van der Waals surface area contributed by atoms with Crippen LogP contribution in [-0.4, -0.2) is 5.91 Å². The van der Waals surface area contributed by atoms with Gasteiger partial charge in [-0.3, -0.25) is 4.79 Å². The fourth-order valence-corrected chi connectivity index (χ4v) is 3.15. The molecule has 0 saturated heterocycles. The van der Waals surface area contributed by atoms with Gasteiger partial charge in [0.2, 0.25) is 0 Å². The minimum Gasteiger partial charge on any atom is -0.422 e. The molecule has 1 amide bonds. The Morgan fingerprint density at radius 1 is 0.933 bits per heavy atom. The Morgan fingerprint density at radius 3 is 2.40 bits per heavy atom. The minimum absolute atomic E-state index is 0.135. The minimum atomic E-state index is -0.740. The van der Waals surface area contributed by atoms with Gasteiger partial charge in [-0.25, -0.2) is 4.79 Å². The lowest BCUT2D eigenvalue weighted by Gasteiger charge is -2.07. The van der Waals surface area contributed by atoms with Gasteiger partial charge in [-0.2, -0.15) is 10.2 Å². The first-order valence-corrected chi connectivity index (χ1v) is 9.98. The van der Waals surface area contributed by atoms with E-state index in [1.54, 1.807) is 42.5 Å². The number of para-hydroxylation sites is 1. The SMILES string of the molecule is O=C(Nc1ccccc1Cl)c1cc2cc(N=Nc3ccc(Br)cc3)ccc2oc1=O. The van der Waals surface area contributed by atoms with Gasteiger partial charge in [0.15, 0.2) is 0 Å². The molecule has 3 aromatic carbocycles. The van der Waals surface area contributed by atoms with Gasteiger partial charge in [0.1, 0.15) is 11.1 Å². The summed E-state index contributed by atoms with van der Waals surface area (Å²) in [4.78, 5) is 24.8. The molecule has 1 N–H and O–H groups in total. The molecule has 0 atom stereocenters. The number of nitrogens with one attached hydrogen (secondary N) is 1. The van der Waals surface area contributed by atoms with Crippen LogP contribution in [0.15, 0.2) is 96.7 Å². The fourth-order valence-electron chi connectivity index (χ4n) is 2.71. The molecule has 0 unspecified atom stereocenters. The van der Waals surface area contributed by atoms with Gasteiger partial charge < -0.3 is 9.73 Å². The van der Waals surface area contributed by atoms with Gasteiger partial charge >= 0.3 is 5.63 Å². The monoisotopic (exact) mass is 481 g/mol. The lowest BCUT2D eigenvalue weighted by molar-refractivity contribution is 0.102. The number of hydrogen-bond acceptors (Lipinski definition) is 5. The first-order valence-electron chi connectivity index (χ1n) is 8.81. The highest BCUT2D eigenvalue weighted by Crippen LogP contribution is 2.25. The van der Waals surface area contributed by atoms with Crippen LogP contribution in [0.3, 0.4) is 0 Å². The summed E-state index contributed by atoms with van der Waals surface area (Å²) < 4.78 is 6.23. The molecule has 0 aliphatic rings. The summed E-state index contributed by atoms with van der Waals surface area (Å²) in [5.74, 6) is -0.611. The molecule has 1 aromatic heterocycles. The van der Waals surface area contributed by atoms with Gasteiger partial charge in [-0.1, -0.05) is 39.7 Å². The number of hydrogen-bond donors (Lipinski definition) is 1. The van der Waals surface area contributed by atoms with E-state index in [0.717, 1.165) is 4.47 Å². The average molecular weight is 483 g/mol. The van der Waals surface area contributed by atoms with E-state index in [9.17, 15) is 9.59 Å². The van der Waals surface area contributed by atoms with Crippen molar-refractivity contribution in [2.75, 3.05) is 5.32 Å². The van der Waals surface area contributed by atoms with E-state index in [1.165, 1.54) is 6.07 Å². The number of anilines is 1. The number of carbonyl (C=O) groups excluding carboxylic acids is 1. The van der Waals surface area contributed by atoms with E-state index in [1.807, 2.05) is 24.3 Å². The second-order valence-electron chi connectivity index (χ2n) is 6.28. The fraction of sp³-hybridized carbons (Fsp3) is 0. The predicted octanol–water partition coefficient (Wildman–Crippen LogP) is 6.88. The number of benzene rings is 3. The molecule has 8 heteroatoms. The molecule has 0 saturated carbocycles. The van der Waals surface area contributed by atoms with Crippen molar-refractivity contribution in [2.45, 2.75) is 0 Å². The Kier molecular flexibility index (Phi) is 5.74. The zero-order valence-electron chi connectivity index (χ0n) is 15.3. The molecular weight excluding hydrogens is 470 g/mol. The van der Waals surface area contributed by atoms with Crippen molar-refractivity contribution in [3.8, 4) is 0 Å². The highest BCUT2D eigenvalue weighted by atomic mass is 79.9. The molecule has 148 valence electrons. The van der Waals surface area contributed by atoms with Crippen LogP contribution >= 0.6 is 27.5 Å². The van der Waals surface area contributed by atoms with E-state index in [0.29, 0.717) is 33.1 Å². The second kappa shape index (κ2) is 8.61. The van der Waals surface area contributed by atoms with Crippen LogP contribution in [0, 0.1) is 0 Å². The van der Waals surface area contributed by atoms with Gasteiger partial charge in [-0.15, -0.1) is 0 Å². The van der Waals surface area contributed by atoms with Crippen LogP contribution in [-0.2, 0) is 0 Å². The number of nitrogens with zero attached hydrogens (tertiary/aromatic N) is 2. The molecule has 0 bridgehead atoms. The van der Waals surface area contributed by atoms with Gasteiger partial charge in [0.25, 0.3) is 5.91 Å². The first-order chi connectivity index (χ1) is 14.5. The second-order valence-corrected chi connectivity index (χ2v) is 7.60. The van der Waals surface area contributed by atoms with Crippen molar-refractivity contribution in [2.24, 2.45) is 10.2 Å². The van der Waals surface area contributed by atoms with Crippen molar-refractivity contribution < 1.29 is 9.21 Å². The van der Waals surface area contributed by atoms with Crippen molar-refractivity contribution in [1.29, 1.82) is 0 Å². The molecule has 6 nitrogen and oxygen atoms in total. The predicted molar refractivity (Wildman–Crippen MR) is 120 cm³/mol. The summed E-state index contributed by atoms with van der Waals surface area (Å²) in [5.41, 5.74) is 1.12. The summed E-state index contributed by atoms with van der Waals surface area (Å²) in [5, 5.41) is 11.9. The summed E-state index contributed by atoms with van der Waals surface area (Å²) in [6.45, 7) is 0. The third-order valence-corrected chi connectivity index (χ3v) is 5.05. The molecule has 4 aromatic rings. The highest BCUT2D eigenvalue weighted by Gasteiger charge is 2.15. The third-order valence-electron chi connectivity index (χ3n) is 4.19. The Hall–Kier alpha value is -3.29. The highest BCUT2D eigenvalue weighted by molar-refractivity contribution is 9.10. The Morgan fingerprint density at radius 2 is 1.63 bits per heavy atom. The normalized spacial score (nSPS) is 11.1. The van der Waals surface area contributed by atoms with E-state index < -0.39 is 11.5 Å². The molecule has 0 spiro atoms. The standard InChI is InChI=1S/C22H13BrClN3O3/c23-14-5-7-15(8-6-14)26-27-16-9-10-20-13(11-16)12-17(22(29)30-20)21(28)25-19-4-2-1-3-18(19)24/h1-12H,(H,25,28). The zero-order chi connectivity index (χ0) is 21.1. The molecule has 0 radical (unpaired) electrons. The van der Waals surface area contributed by atoms with E-state index >= 15 is 0 Å². The molecular formula is C22H13BrClN3O3. The van der Waals surface area contributed by atoms with Crippen LogP contribution in [0.1, 0.15) is 10.4 Å². The number of rotatable bonds is 4.